The highest BCUT2D eigenvalue weighted by molar-refractivity contribution is 7.75. The van der Waals surface area contributed by atoms with Gasteiger partial charge in [0.05, 0.1) is 0 Å². The van der Waals surface area contributed by atoms with Crippen molar-refractivity contribution in [3.8, 4) is 27.7 Å². The Balaban J connectivity index is 0.000000886. The van der Waals surface area contributed by atoms with E-state index in [1.165, 1.54) is 30.6 Å². The second kappa shape index (κ2) is 14.1. The van der Waals surface area contributed by atoms with Crippen molar-refractivity contribution >= 4 is 40.1 Å². The van der Waals surface area contributed by atoms with E-state index in [2.05, 4.69) is 17.8 Å². The van der Waals surface area contributed by atoms with Crippen LogP contribution >= 0.6 is 24.2 Å². The molecule has 40 heavy (non-hydrogen) atoms. The van der Waals surface area contributed by atoms with Gasteiger partial charge in [0, 0.05) is 45.0 Å². The summed E-state index contributed by atoms with van der Waals surface area (Å²) < 4.78 is 12.0. The summed E-state index contributed by atoms with van der Waals surface area (Å²) in [6.45, 7) is 10.9. The molecule has 1 N–H and O–H groups in total. The number of hydrogen-bond acceptors (Lipinski definition) is 7. The van der Waals surface area contributed by atoms with Crippen LogP contribution in [-0.2, 0) is 6.42 Å². The molecule has 6 rings (SSSR count). The minimum absolute atomic E-state index is 0.0284. The maximum Gasteiger partial charge on any atom is 0.195 e. The van der Waals surface area contributed by atoms with Crippen LogP contribution in [-0.4, -0.2) is 41.5 Å². The number of hydrogen-bond donors (Lipinski definition) is 2. The van der Waals surface area contributed by atoms with Gasteiger partial charge >= 0.3 is 0 Å². The third-order valence-electron chi connectivity index (χ3n) is 7.24. The largest absolute Gasteiger partial charge is 0.508 e. The van der Waals surface area contributed by atoms with Crippen molar-refractivity contribution in [3.05, 3.63) is 77.4 Å². The van der Waals surface area contributed by atoms with Gasteiger partial charge in [-0.3, -0.25) is 9.69 Å². The Morgan fingerprint density at radius 3 is 2.40 bits per heavy atom. The maximum absolute atomic E-state index is 14.0. The van der Waals surface area contributed by atoms with Gasteiger partial charge < -0.3 is 14.0 Å². The molecule has 3 aromatic carbocycles. The standard InChI is InChI=1S/C29H27NO4S2.2C2H6/c31-22-7-10-24-26(16-22)36-29(18-4-8-23(34-35)9-5-18)27(24)28(32)19-6-11-25-20(14-19)15-21(17-33-25)30-12-2-1-3-13-30;2*1-2/h4-11,14,16,21,31,35H,1-3,12-13,15,17H2;2*1-2H3/t21-;;/m1../s1. The summed E-state index contributed by atoms with van der Waals surface area (Å²) in [5.74, 6) is 1.66. The Kier molecular flexibility index (Phi) is 10.5. The first kappa shape index (κ1) is 30.0. The Bertz CT molecular complexity index is 1420. The highest BCUT2D eigenvalue weighted by Crippen LogP contribution is 2.42. The van der Waals surface area contributed by atoms with Crippen molar-refractivity contribution in [3.63, 3.8) is 0 Å². The molecule has 0 bridgehead atoms. The molecule has 1 atom stereocenters. The van der Waals surface area contributed by atoms with Crippen LogP contribution in [0.5, 0.6) is 17.2 Å². The van der Waals surface area contributed by atoms with E-state index in [9.17, 15) is 9.90 Å². The average molecular weight is 578 g/mol. The molecular formula is C33H39NO4S2. The topological polar surface area (TPSA) is 59.0 Å². The number of phenolic OH excluding ortho intramolecular Hbond substituents is 1. The summed E-state index contributed by atoms with van der Waals surface area (Å²) in [4.78, 5) is 17.5. The maximum atomic E-state index is 14.0. The van der Waals surface area contributed by atoms with Crippen LogP contribution in [0.3, 0.4) is 0 Å². The fraction of sp³-hybridized carbons (Fsp3) is 0.364. The predicted octanol–water partition coefficient (Wildman–Crippen LogP) is 8.57. The zero-order chi connectivity index (χ0) is 28.6. The van der Waals surface area contributed by atoms with E-state index in [1.807, 2.05) is 76.2 Å². The number of rotatable bonds is 5. The molecule has 2 aliphatic rings. The molecule has 4 aromatic rings. The van der Waals surface area contributed by atoms with Gasteiger partial charge in [0.2, 0.25) is 0 Å². The smallest absolute Gasteiger partial charge is 0.195 e. The number of ketones is 1. The number of aromatic hydroxyl groups is 1. The van der Waals surface area contributed by atoms with Crippen molar-refractivity contribution in [1.29, 1.82) is 0 Å². The van der Waals surface area contributed by atoms with Gasteiger partial charge in [-0.05, 0) is 104 Å². The van der Waals surface area contributed by atoms with Gasteiger partial charge in [-0.15, -0.1) is 11.3 Å². The molecule has 2 aliphatic heterocycles. The lowest BCUT2D eigenvalue weighted by molar-refractivity contribution is 0.100. The highest BCUT2D eigenvalue weighted by Gasteiger charge is 2.28. The van der Waals surface area contributed by atoms with Gasteiger partial charge in [-0.2, -0.15) is 0 Å². The van der Waals surface area contributed by atoms with Crippen molar-refractivity contribution < 1.29 is 18.8 Å². The number of fused-ring (bicyclic) bond motifs is 2. The SMILES string of the molecule is CC.CC.O=C(c1ccc2c(c1)C[C@@H](N1CCCCC1)CO2)c1c(-c2ccc(OS)cc2)sc2cc(O)ccc12. The molecular weight excluding hydrogens is 539 g/mol. The quantitative estimate of drug-likeness (QED) is 0.141. The molecule has 0 aliphatic carbocycles. The van der Waals surface area contributed by atoms with Gasteiger partial charge in [0.1, 0.15) is 23.9 Å². The van der Waals surface area contributed by atoms with E-state index in [4.69, 9.17) is 8.92 Å². The second-order valence-corrected chi connectivity index (χ2v) is 10.8. The molecule has 212 valence electrons. The lowest BCUT2D eigenvalue weighted by Crippen LogP contribution is -2.45. The van der Waals surface area contributed by atoms with Crippen LogP contribution in [0.2, 0.25) is 0 Å². The Morgan fingerprint density at radius 2 is 1.70 bits per heavy atom. The minimum atomic E-state index is -0.0284. The minimum Gasteiger partial charge on any atom is -0.508 e. The van der Waals surface area contributed by atoms with Crippen LogP contribution in [0.4, 0.5) is 0 Å². The zero-order valence-corrected chi connectivity index (χ0v) is 25.5. The van der Waals surface area contributed by atoms with Gasteiger partial charge in [0.15, 0.2) is 5.78 Å². The van der Waals surface area contributed by atoms with E-state index < -0.39 is 0 Å². The lowest BCUT2D eigenvalue weighted by Gasteiger charge is -2.37. The van der Waals surface area contributed by atoms with Gasteiger partial charge in [0.25, 0.3) is 0 Å². The number of carbonyl (C=O) groups excluding carboxylic acids is 1. The molecule has 0 radical (unpaired) electrons. The summed E-state index contributed by atoms with van der Waals surface area (Å²) in [5, 5.41) is 10.9. The zero-order valence-electron chi connectivity index (χ0n) is 23.8. The number of piperidine rings is 1. The van der Waals surface area contributed by atoms with Crippen molar-refractivity contribution in [2.45, 2.75) is 59.4 Å². The van der Waals surface area contributed by atoms with Crippen molar-refractivity contribution in [2.24, 2.45) is 0 Å². The number of nitrogens with zero attached hydrogens (tertiary/aromatic N) is 1. The number of thiol groups is 1. The molecule has 0 saturated carbocycles. The van der Waals surface area contributed by atoms with Crippen LogP contribution < -0.4 is 8.92 Å². The first-order valence-electron chi connectivity index (χ1n) is 14.3. The number of ether oxygens (including phenoxy) is 1. The third-order valence-corrected chi connectivity index (χ3v) is 8.65. The second-order valence-electron chi connectivity index (χ2n) is 9.52. The van der Waals surface area contributed by atoms with Gasteiger partial charge in [-0.1, -0.05) is 34.1 Å². The van der Waals surface area contributed by atoms with Crippen LogP contribution in [0.1, 0.15) is 68.4 Å². The predicted molar refractivity (Wildman–Crippen MR) is 170 cm³/mol. The molecule has 1 fully saturated rings. The van der Waals surface area contributed by atoms with E-state index in [0.29, 0.717) is 29.5 Å². The molecule has 1 saturated heterocycles. The Labute approximate surface area is 247 Å². The molecule has 0 spiro atoms. The molecule has 0 amide bonds. The fourth-order valence-electron chi connectivity index (χ4n) is 5.36. The highest BCUT2D eigenvalue weighted by atomic mass is 32.1. The summed E-state index contributed by atoms with van der Waals surface area (Å²) in [5.41, 5.74) is 3.32. The number of likely N-dealkylation sites (tertiary alicyclic amines) is 1. The first-order valence-corrected chi connectivity index (χ1v) is 15.5. The van der Waals surface area contributed by atoms with E-state index in [-0.39, 0.29) is 11.5 Å². The fourth-order valence-corrected chi connectivity index (χ4v) is 6.72. The molecule has 5 nitrogen and oxygen atoms in total. The molecule has 0 unspecified atom stereocenters. The molecule has 3 heterocycles. The Morgan fingerprint density at radius 1 is 0.975 bits per heavy atom. The molecule has 7 heteroatoms. The van der Waals surface area contributed by atoms with Crippen LogP contribution in [0, 0.1) is 0 Å². The number of benzene rings is 3. The van der Waals surface area contributed by atoms with E-state index in [0.717, 1.165) is 51.4 Å². The summed E-state index contributed by atoms with van der Waals surface area (Å²) >= 11 is 5.37. The summed E-state index contributed by atoms with van der Waals surface area (Å²) in [7, 11) is 0. The van der Waals surface area contributed by atoms with Crippen molar-refractivity contribution in [2.75, 3.05) is 19.7 Å². The Hall–Kier alpha value is -3.00. The summed E-state index contributed by atoms with van der Waals surface area (Å²) in [6, 6.07) is 18.9. The first-order chi connectivity index (χ1) is 19.6. The van der Waals surface area contributed by atoms with E-state index in [1.54, 1.807) is 12.1 Å². The summed E-state index contributed by atoms with van der Waals surface area (Å²) in [6.07, 6.45) is 4.68. The van der Waals surface area contributed by atoms with Gasteiger partial charge in [-0.25, -0.2) is 0 Å². The number of phenols is 1. The lowest BCUT2D eigenvalue weighted by atomic mass is 9.93. The number of carbonyl (C=O) groups is 1. The van der Waals surface area contributed by atoms with E-state index >= 15 is 0 Å². The monoisotopic (exact) mass is 577 g/mol. The van der Waals surface area contributed by atoms with Crippen LogP contribution in [0.25, 0.3) is 20.5 Å². The third kappa shape index (κ3) is 6.32. The van der Waals surface area contributed by atoms with Crippen LogP contribution in [0.15, 0.2) is 60.7 Å². The van der Waals surface area contributed by atoms with Crippen molar-refractivity contribution in [1.82, 2.24) is 4.90 Å². The average Bonchev–Trinajstić information content (AvgIpc) is 3.41. The normalized spacial score (nSPS) is 16.5. The number of thiophene rings is 1. The molecule has 1 aromatic heterocycles.